The van der Waals surface area contributed by atoms with Crippen molar-refractivity contribution in [2.75, 3.05) is 14.1 Å². The molecule has 4 rings (SSSR count). The van der Waals surface area contributed by atoms with Crippen molar-refractivity contribution in [2.45, 2.75) is 100 Å². The van der Waals surface area contributed by atoms with E-state index in [0.717, 1.165) is 50.6 Å². The Bertz CT molecular complexity index is 1510. The number of amides is 1. The lowest BCUT2D eigenvalue weighted by Gasteiger charge is -2.45. The number of pyridine rings is 1. The SMILES string of the molecule is C/C(=C\c1nccc(-c2ccc(C)c(C#N)c2)c1C)c1ccc(C(=O)N(C)C)cc1C.CC.CC1CC(C)(C)NC(C)(C)C1. The lowest BCUT2D eigenvalue weighted by molar-refractivity contribution is 0.0827. The molecule has 0 atom stereocenters. The van der Waals surface area contributed by atoms with Gasteiger partial charge >= 0.3 is 0 Å². The number of nitrogens with one attached hydrogen (secondary N) is 1. The molecule has 1 aromatic heterocycles. The number of nitrogens with zero attached hydrogens (tertiary/aromatic N) is 3. The van der Waals surface area contributed by atoms with Crippen LogP contribution in [-0.2, 0) is 0 Å². The first-order valence-corrected chi connectivity index (χ1v) is 15.8. The highest BCUT2D eigenvalue weighted by Gasteiger charge is 2.35. The van der Waals surface area contributed by atoms with Crippen LogP contribution in [0.4, 0.5) is 0 Å². The average Bonchev–Trinajstić information content (AvgIpc) is 2.93. The molecule has 3 aromatic rings. The molecule has 44 heavy (non-hydrogen) atoms. The number of allylic oxidation sites excluding steroid dienone is 1. The molecule has 1 saturated heterocycles. The van der Waals surface area contributed by atoms with E-state index in [2.05, 4.69) is 70.9 Å². The van der Waals surface area contributed by atoms with E-state index in [-0.39, 0.29) is 5.91 Å². The Balaban J connectivity index is 0.000000434. The minimum absolute atomic E-state index is 0.00340. The molecule has 5 heteroatoms. The van der Waals surface area contributed by atoms with Gasteiger partial charge in [-0.1, -0.05) is 39.0 Å². The highest BCUT2D eigenvalue weighted by molar-refractivity contribution is 5.95. The second-order valence-corrected chi connectivity index (χ2v) is 13.5. The van der Waals surface area contributed by atoms with Gasteiger partial charge in [-0.25, -0.2) is 0 Å². The molecule has 0 bridgehead atoms. The van der Waals surface area contributed by atoms with E-state index in [0.29, 0.717) is 22.2 Å². The quantitative estimate of drug-likeness (QED) is 0.327. The Morgan fingerprint density at radius 1 is 0.977 bits per heavy atom. The number of aryl methyl sites for hydroxylation is 2. The number of rotatable bonds is 4. The van der Waals surface area contributed by atoms with Crippen LogP contribution in [0.5, 0.6) is 0 Å². The van der Waals surface area contributed by atoms with Crippen molar-refractivity contribution in [3.63, 3.8) is 0 Å². The summed E-state index contributed by atoms with van der Waals surface area (Å²) in [5.74, 6) is 0.859. The van der Waals surface area contributed by atoms with Crippen molar-refractivity contribution in [3.05, 3.63) is 87.7 Å². The highest BCUT2D eigenvalue weighted by atomic mass is 16.2. The highest BCUT2D eigenvalue weighted by Crippen LogP contribution is 2.32. The van der Waals surface area contributed by atoms with Crippen molar-refractivity contribution in [1.82, 2.24) is 15.2 Å². The van der Waals surface area contributed by atoms with Gasteiger partial charge < -0.3 is 10.2 Å². The van der Waals surface area contributed by atoms with Gasteiger partial charge in [0.1, 0.15) is 0 Å². The van der Waals surface area contributed by atoms with Crippen LogP contribution in [0.1, 0.15) is 112 Å². The summed E-state index contributed by atoms with van der Waals surface area (Å²) >= 11 is 0. The largest absolute Gasteiger partial charge is 0.345 e. The summed E-state index contributed by atoms with van der Waals surface area (Å²) in [6.07, 6.45) is 6.49. The van der Waals surface area contributed by atoms with Crippen molar-refractivity contribution in [1.29, 1.82) is 5.26 Å². The predicted molar refractivity (Wildman–Crippen MR) is 188 cm³/mol. The van der Waals surface area contributed by atoms with Crippen LogP contribution in [0.3, 0.4) is 0 Å². The molecule has 0 radical (unpaired) electrons. The number of carbonyl (C=O) groups is 1. The minimum Gasteiger partial charge on any atom is -0.345 e. The van der Waals surface area contributed by atoms with Gasteiger partial charge in [-0.15, -0.1) is 0 Å². The number of benzene rings is 2. The summed E-state index contributed by atoms with van der Waals surface area (Å²) in [4.78, 5) is 18.4. The maximum absolute atomic E-state index is 12.2. The average molecular weight is 595 g/mol. The van der Waals surface area contributed by atoms with Gasteiger partial charge in [0.25, 0.3) is 5.91 Å². The van der Waals surface area contributed by atoms with Crippen LogP contribution < -0.4 is 5.32 Å². The molecule has 1 aliphatic heterocycles. The molecule has 0 saturated carbocycles. The fourth-order valence-electron chi connectivity index (χ4n) is 6.53. The fourth-order valence-corrected chi connectivity index (χ4v) is 6.53. The van der Waals surface area contributed by atoms with Crippen LogP contribution >= 0.6 is 0 Å². The van der Waals surface area contributed by atoms with E-state index in [1.54, 1.807) is 25.2 Å². The second kappa shape index (κ2) is 15.3. The molecule has 236 valence electrons. The van der Waals surface area contributed by atoms with Gasteiger partial charge in [0.15, 0.2) is 0 Å². The fraction of sp³-hybridized carbons (Fsp3) is 0.462. The van der Waals surface area contributed by atoms with Crippen LogP contribution in [0, 0.1) is 38.0 Å². The minimum atomic E-state index is -0.00340. The number of hydrogen-bond acceptors (Lipinski definition) is 4. The van der Waals surface area contributed by atoms with Crippen molar-refractivity contribution in [2.24, 2.45) is 5.92 Å². The van der Waals surface area contributed by atoms with Crippen molar-refractivity contribution >= 4 is 17.6 Å². The number of aromatic nitrogens is 1. The summed E-state index contributed by atoms with van der Waals surface area (Å²) in [5, 5.41) is 13.0. The van der Waals surface area contributed by atoms with Crippen LogP contribution in [0.25, 0.3) is 22.8 Å². The smallest absolute Gasteiger partial charge is 0.253 e. The lowest BCUT2D eigenvalue weighted by atomic mass is 9.77. The molecule has 5 nitrogen and oxygen atoms in total. The summed E-state index contributed by atoms with van der Waals surface area (Å²) in [7, 11) is 3.51. The van der Waals surface area contributed by atoms with Gasteiger partial charge in [-0.3, -0.25) is 9.78 Å². The predicted octanol–water partition coefficient (Wildman–Crippen LogP) is 9.40. The summed E-state index contributed by atoms with van der Waals surface area (Å²) in [5.41, 5.74) is 10.3. The number of hydrogen-bond donors (Lipinski definition) is 1. The molecule has 2 aromatic carbocycles. The van der Waals surface area contributed by atoms with E-state index < -0.39 is 0 Å². The third-order valence-electron chi connectivity index (χ3n) is 7.96. The van der Waals surface area contributed by atoms with Gasteiger partial charge in [-0.2, -0.15) is 5.26 Å². The number of piperidine rings is 1. The second-order valence-electron chi connectivity index (χ2n) is 13.5. The van der Waals surface area contributed by atoms with E-state index in [9.17, 15) is 10.1 Å². The number of carbonyl (C=O) groups excluding carboxylic acids is 1. The monoisotopic (exact) mass is 594 g/mol. The van der Waals surface area contributed by atoms with E-state index >= 15 is 0 Å². The first-order valence-electron chi connectivity index (χ1n) is 15.8. The van der Waals surface area contributed by atoms with E-state index in [4.69, 9.17) is 0 Å². The zero-order chi connectivity index (χ0) is 33.4. The van der Waals surface area contributed by atoms with Gasteiger partial charge in [0.2, 0.25) is 0 Å². The Morgan fingerprint density at radius 2 is 1.59 bits per heavy atom. The third-order valence-corrected chi connectivity index (χ3v) is 7.96. The Kier molecular flexibility index (Phi) is 12.7. The topological polar surface area (TPSA) is 69.0 Å². The lowest BCUT2D eigenvalue weighted by Crippen LogP contribution is -2.57. The zero-order valence-corrected chi connectivity index (χ0v) is 29.4. The molecule has 0 spiro atoms. The van der Waals surface area contributed by atoms with Gasteiger partial charge in [-0.05, 0) is 143 Å². The van der Waals surface area contributed by atoms with Crippen LogP contribution in [-0.4, -0.2) is 41.0 Å². The summed E-state index contributed by atoms with van der Waals surface area (Å²) in [6.45, 7) is 23.6. The first kappa shape index (κ1) is 36.4. The molecular formula is C39H54N4O. The molecule has 1 fully saturated rings. The third kappa shape index (κ3) is 9.63. The van der Waals surface area contributed by atoms with Gasteiger partial charge in [0, 0.05) is 36.9 Å². The first-order chi connectivity index (χ1) is 20.5. The summed E-state index contributed by atoms with van der Waals surface area (Å²) < 4.78 is 0. The maximum Gasteiger partial charge on any atom is 0.253 e. The van der Waals surface area contributed by atoms with Crippen LogP contribution in [0.2, 0.25) is 0 Å². The van der Waals surface area contributed by atoms with Crippen LogP contribution in [0.15, 0.2) is 48.7 Å². The molecule has 1 N–H and O–H groups in total. The molecule has 0 aliphatic carbocycles. The van der Waals surface area contributed by atoms with E-state index in [1.165, 1.54) is 12.8 Å². The molecule has 1 amide bonds. The molecule has 1 aliphatic rings. The molecular weight excluding hydrogens is 540 g/mol. The Labute approximate surface area is 267 Å². The zero-order valence-electron chi connectivity index (χ0n) is 29.4. The molecule has 0 unspecified atom stereocenters. The Hall–Kier alpha value is -3.75. The normalized spacial score (nSPS) is 15.6. The standard InChI is InChI=1S/C27H27N3O.C10H21N.C2H6/c1-17-7-8-21(15-23(17)16-28)25-11-12-29-26(20(25)4)14-19(3)24-10-9-22(13-18(24)2)27(31)30(5)6;1-8-6-9(2,3)11-10(4,5)7-8;1-2/h7-15H,1-6H3;8,11H,6-7H2,1-5H3;1-2H3/b19-14+;;. The summed E-state index contributed by atoms with van der Waals surface area (Å²) in [6, 6.07) is 16.0. The number of nitriles is 1. The Morgan fingerprint density at radius 3 is 2.11 bits per heavy atom. The maximum atomic E-state index is 12.2. The van der Waals surface area contributed by atoms with Crippen molar-refractivity contribution in [3.8, 4) is 17.2 Å². The van der Waals surface area contributed by atoms with Crippen molar-refractivity contribution < 1.29 is 4.79 Å². The van der Waals surface area contributed by atoms with Gasteiger partial charge in [0.05, 0.1) is 17.3 Å². The van der Waals surface area contributed by atoms with E-state index in [1.807, 2.05) is 70.2 Å². The molecule has 2 heterocycles.